The lowest BCUT2D eigenvalue weighted by Crippen LogP contribution is -2.31. The summed E-state index contributed by atoms with van der Waals surface area (Å²) in [4.78, 5) is 14.7. The van der Waals surface area contributed by atoms with Gasteiger partial charge >= 0.3 is 5.97 Å². The lowest BCUT2D eigenvalue weighted by Gasteiger charge is -2.13. The molecule has 2 rings (SSSR count). The van der Waals surface area contributed by atoms with Crippen molar-refractivity contribution in [1.29, 1.82) is 5.26 Å². The summed E-state index contributed by atoms with van der Waals surface area (Å²) in [7, 11) is 0. The number of rotatable bonds is 3. The van der Waals surface area contributed by atoms with Gasteiger partial charge in [-0.3, -0.25) is 0 Å². The number of hydrogen-bond donors (Lipinski definition) is 2. The summed E-state index contributed by atoms with van der Waals surface area (Å²) in [6.07, 6.45) is 2.72. The van der Waals surface area contributed by atoms with Gasteiger partial charge in [0.1, 0.15) is 17.3 Å². The summed E-state index contributed by atoms with van der Waals surface area (Å²) in [6.45, 7) is 0. The van der Waals surface area contributed by atoms with E-state index in [1.165, 1.54) is 6.20 Å². The average molecular weight is 203 g/mol. The van der Waals surface area contributed by atoms with Crippen molar-refractivity contribution in [3.63, 3.8) is 0 Å². The molecule has 0 saturated heterocycles. The largest absolute Gasteiger partial charge is 0.480 e. The van der Waals surface area contributed by atoms with Crippen molar-refractivity contribution in [2.24, 2.45) is 0 Å². The van der Waals surface area contributed by atoms with Crippen LogP contribution in [-0.2, 0) is 4.79 Å². The van der Waals surface area contributed by atoms with Crippen molar-refractivity contribution in [2.75, 3.05) is 5.32 Å². The standard InChI is InChI=1S/C10H9N3O2/c11-6-8-5-7(1-4-12-8)13-10(2-3-10)9(14)15/h1,4-5H,2-3H2,(H,12,13)(H,14,15). The number of pyridine rings is 1. The van der Waals surface area contributed by atoms with Crippen LogP contribution in [0, 0.1) is 11.3 Å². The van der Waals surface area contributed by atoms with Crippen LogP contribution < -0.4 is 5.32 Å². The quantitative estimate of drug-likeness (QED) is 0.764. The third kappa shape index (κ3) is 1.74. The fourth-order valence-corrected chi connectivity index (χ4v) is 1.36. The van der Waals surface area contributed by atoms with E-state index >= 15 is 0 Å². The maximum Gasteiger partial charge on any atom is 0.329 e. The predicted octanol–water partition coefficient (Wildman–Crippen LogP) is 0.982. The van der Waals surface area contributed by atoms with Crippen LogP contribution in [-0.4, -0.2) is 21.6 Å². The molecule has 5 heteroatoms. The fourth-order valence-electron chi connectivity index (χ4n) is 1.36. The van der Waals surface area contributed by atoms with Gasteiger partial charge in [-0.1, -0.05) is 0 Å². The molecule has 0 aliphatic heterocycles. The van der Waals surface area contributed by atoms with E-state index < -0.39 is 11.5 Å². The molecular formula is C10H9N3O2. The number of nitrogens with one attached hydrogen (secondary N) is 1. The molecule has 5 nitrogen and oxygen atoms in total. The minimum atomic E-state index is -0.849. The first-order valence-electron chi connectivity index (χ1n) is 4.54. The third-order valence-corrected chi connectivity index (χ3v) is 2.42. The van der Waals surface area contributed by atoms with Gasteiger partial charge in [-0.15, -0.1) is 0 Å². The van der Waals surface area contributed by atoms with Crippen molar-refractivity contribution in [1.82, 2.24) is 4.98 Å². The van der Waals surface area contributed by atoms with E-state index in [1.807, 2.05) is 6.07 Å². The van der Waals surface area contributed by atoms with E-state index in [2.05, 4.69) is 10.3 Å². The molecule has 0 radical (unpaired) electrons. The zero-order chi connectivity index (χ0) is 10.9. The average Bonchev–Trinajstić information content (AvgIpc) is 2.99. The number of carbonyl (C=O) groups is 1. The first-order valence-corrected chi connectivity index (χ1v) is 4.54. The molecule has 1 saturated carbocycles. The molecular weight excluding hydrogens is 194 g/mol. The van der Waals surface area contributed by atoms with E-state index in [9.17, 15) is 4.79 Å². The second-order valence-electron chi connectivity index (χ2n) is 3.55. The van der Waals surface area contributed by atoms with E-state index in [1.54, 1.807) is 12.1 Å². The zero-order valence-electron chi connectivity index (χ0n) is 7.90. The number of anilines is 1. The van der Waals surface area contributed by atoms with Crippen LogP contribution in [0.25, 0.3) is 0 Å². The van der Waals surface area contributed by atoms with Gasteiger partial charge in [-0.25, -0.2) is 9.78 Å². The number of carboxylic acids is 1. The number of nitrogens with zero attached hydrogens (tertiary/aromatic N) is 2. The number of hydrogen-bond acceptors (Lipinski definition) is 4. The highest BCUT2D eigenvalue weighted by atomic mass is 16.4. The topological polar surface area (TPSA) is 86.0 Å². The van der Waals surface area contributed by atoms with Crippen molar-refractivity contribution in [2.45, 2.75) is 18.4 Å². The minimum Gasteiger partial charge on any atom is -0.480 e. The second-order valence-corrected chi connectivity index (χ2v) is 3.55. The van der Waals surface area contributed by atoms with Crippen LogP contribution in [0.15, 0.2) is 18.3 Å². The van der Waals surface area contributed by atoms with Gasteiger partial charge < -0.3 is 10.4 Å². The van der Waals surface area contributed by atoms with Gasteiger partial charge in [0.05, 0.1) is 0 Å². The number of carboxylic acid groups (broad SMARTS) is 1. The predicted molar refractivity (Wildman–Crippen MR) is 52.2 cm³/mol. The summed E-state index contributed by atoms with van der Waals surface area (Å²) in [5, 5.41) is 20.5. The van der Waals surface area contributed by atoms with Crippen molar-refractivity contribution in [3.8, 4) is 6.07 Å². The van der Waals surface area contributed by atoms with Gasteiger partial charge in [-0.2, -0.15) is 5.26 Å². The summed E-state index contributed by atoms with van der Waals surface area (Å²) in [5.41, 5.74) is 0.0799. The Balaban J connectivity index is 2.18. The fraction of sp³-hybridized carbons (Fsp3) is 0.300. The van der Waals surface area contributed by atoms with Crippen molar-refractivity contribution < 1.29 is 9.90 Å². The Kier molecular flexibility index (Phi) is 2.05. The molecule has 2 N–H and O–H groups in total. The molecule has 0 unspecified atom stereocenters. The summed E-state index contributed by atoms with van der Waals surface area (Å²) < 4.78 is 0. The molecule has 0 aromatic carbocycles. The Morgan fingerprint density at radius 2 is 2.40 bits per heavy atom. The highest BCUT2D eigenvalue weighted by Crippen LogP contribution is 2.39. The zero-order valence-corrected chi connectivity index (χ0v) is 7.90. The smallest absolute Gasteiger partial charge is 0.329 e. The van der Waals surface area contributed by atoms with Crippen LogP contribution in [0.4, 0.5) is 5.69 Å². The number of aliphatic carboxylic acids is 1. The Bertz CT molecular complexity index is 446. The van der Waals surface area contributed by atoms with E-state index in [-0.39, 0.29) is 5.69 Å². The van der Waals surface area contributed by atoms with E-state index in [0.717, 1.165) is 0 Å². The lowest BCUT2D eigenvalue weighted by atomic mass is 10.2. The Morgan fingerprint density at radius 1 is 1.67 bits per heavy atom. The molecule has 1 aliphatic rings. The molecule has 0 amide bonds. The number of nitriles is 1. The highest BCUT2D eigenvalue weighted by molar-refractivity contribution is 5.86. The SMILES string of the molecule is N#Cc1cc(NC2(C(=O)O)CC2)ccn1. The van der Waals surface area contributed by atoms with Gasteiger partial charge in [0.15, 0.2) is 0 Å². The molecule has 0 spiro atoms. The summed E-state index contributed by atoms with van der Waals surface area (Å²) in [5.74, 6) is -0.849. The molecule has 1 aromatic rings. The lowest BCUT2D eigenvalue weighted by molar-refractivity contribution is -0.138. The molecule has 0 atom stereocenters. The Labute approximate surface area is 86.4 Å². The number of aromatic nitrogens is 1. The monoisotopic (exact) mass is 203 g/mol. The maximum absolute atomic E-state index is 10.9. The Hall–Kier alpha value is -2.09. The van der Waals surface area contributed by atoms with Crippen LogP contribution in [0.1, 0.15) is 18.5 Å². The van der Waals surface area contributed by atoms with Gasteiger partial charge in [0.25, 0.3) is 0 Å². The van der Waals surface area contributed by atoms with Crippen molar-refractivity contribution in [3.05, 3.63) is 24.0 Å². The molecule has 76 valence electrons. The van der Waals surface area contributed by atoms with Crippen LogP contribution in [0.5, 0.6) is 0 Å². The van der Waals surface area contributed by atoms with Crippen LogP contribution in [0.2, 0.25) is 0 Å². The molecule has 1 aliphatic carbocycles. The highest BCUT2D eigenvalue weighted by Gasteiger charge is 2.50. The first kappa shape index (κ1) is 9.46. The van der Waals surface area contributed by atoms with Gasteiger partial charge in [0.2, 0.25) is 0 Å². The summed E-state index contributed by atoms with van der Waals surface area (Å²) >= 11 is 0. The maximum atomic E-state index is 10.9. The molecule has 0 bridgehead atoms. The summed E-state index contributed by atoms with van der Waals surface area (Å²) in [6, 6.07) is 5.11. The minimum absolute atomic E-state index is 0.279. The molecule has 1 aromatic heterocycles. The second kappa shape index (κ2) is 3.24. The van der Waals surface area contributed by atoms with Crippen LogP contribution in [0.3, 0.4) is 0 Å². The van der Waals surface area contributed by atoms with E-state index in [4.69, 9.17) is 10.4 Å². The Morgan fingerprint density at radius 3 is 2.93 bits per heavy atom. The third-order valence-electron chi connectivity index (χ3n) is 2.42. The van der Waals surface area contributed by atoms with Crippen LogP contribution >= 0.6 is 0 Å². The van der Waals surface area contributed by atoms with E-state index in [0.29, 0.717) is 18.5 Å². The molecule has 15 heavy (non-hydrogen) atoms. The first-order chi connectivity index (χ1) is 7.16. The normalized spacial score (nSPS) is 16.5. The van der Waals surface area contributed by atoms with Gasteiger partial charge in [0, 0.05) is 11.9 Å². The van der Waals surface area contributed by atoms with Crippen molar-refractivity contribution >= 4 is 11.7 Å². The molecule has 1 heterocycles. The van der Waals surface area contributed by atoms with Gasteiger partial charge in [-0.05, 0) is 25.0 Å². The molecule has 1 fully saturated rings.